The van der Waals surface area contributed by atoms with Crippen molar-refractivity contribution in [2.75, 3.05) is 0 Å². The van der Waals surface area contributed by atoms with E-state index in [1.54, 1.807) is 4.68 Å². The minimum atomic E-state index is -0.799. The topological polar surface area (TPSA) is 77.0 Å². The average Bonchev–Trinajstić information content (AvgIpc) is 3.15. The fourth-order valence-electron chi connectivity index (χ4n) is 3.59. The van der Waals surface area contributed by atoms with E-state index < -0.39 is 5.60 Å². The quantitative estimate of drug-likeness (QED) is 0.941. The van der Waals surface area contributed by atoms with Crippen LogP contribution in [0.2, 0.25) is 0 Å². The van der Waals surface area contributed by atoms with Gasteiger partial charge in [-0.05, 0) is 32.1 Å². The predicted molar refractivity (Wildman–Crippen MR) is 79.3 cm³/mol. The molecular formula is C16H22N4O2. The molecular weight excluding hydrogens is 280 g/mol. The second-order valence-corrected chi connectivity index (χ2v) is 6.58. The lowest BCUT2D eigenvalue weighted by atomic mass is 9.83. The molecule has 1 fully saturated rings. The number of hydrogen-bond acceptors (Lipinski definition) is 5. The Balaban J connectivity index is 1.51. The minimum Gasteiger partial charge on any atom is -0.443 e. The van der Waals surface area contributed by atoms with E-state index in [9.17, 15) is 5.11 Å². The fourth-order valence-corrected chi connectivity index (χ4v) is 3.59. The van der Waals surface area contributed by atoms with Crippen LogP contribution in [0.4, 0.5) is 0 Å². The van der Waals surface area contributed by atoms with Crippen LogP contribution < -0.4 is 0 Å². The van der Waals surface area contributed by atoms with Crippen LogP contribution in [0.15, 0.2) is 10.6 Å². The highest BCUT2D eigenvalue weighted by Crippen LogP contribution is 2.35. The first-order valence-electron chi connectivity index (χ1n) is 8.33. The molecule has 0 saturated heterocycles. The zero-order chi connectivity index (χ0) is 15.0. The molecule has 2 heterocycles. The highest BCUT2D eigenvalue weighted by Gasteiger charge is 2.34. The molecule has 0 bridgehead atoms. The third kappa shape index (κ3) is 2.56. The van der Waals surface area contributed by atoms with E-state index in [-0.39, 0.29) is 0 Å². The SMILES string of the molecule is OC1(c2cn(Cc3nc4c(o3)CCCC4)nn2)CCCCC1. The molecule has 2 aromatic rings. The molecule has 4 rings (SSSR count). The number of aliphatic hydroxyl groups is 1. The lowest BCUT2D eigenvalue weighted by Crippen LogP contribution is -2.28. The van der Waals surface area contributed by atoms with Crippen molar-refractivity contribution in [3.05, 3.63) is 29.2 Å². The van der Waals surface area contributed by atoms with Gasteiger partial charge in [-0.1, -0.05) is 24.5 Å². The largest absolute Gasteiger partial charge is 0.443 e. The van der Waals surface area contributed by atoms with Crippen LogP contribution in [0, 0.1) is 0 Å². The molecule has 0 atom stereocenters. The summed E-state index contributed by atoms with van der Waals surface area (Å²) in [6, 6.07) is 0. The van der Waals surface area contributed by atoms with E-state index in [0.29, 0.717) is 18.1 Å². The van der Waals surface area contributed by atoms with E-state index in [1.807, 2.05) is 6.20 Å². The maximum absolute atomic E-state index is 10.7. The van der Waals surface area contributed by atoms with Crippen molar-refractivity contribution >= 4 is 0 Å². The molecule has 0 radical (unpaired) electrons. The third-order valence-corrected chi connectivity index (χ3v) is 4.88. The van der Waals surface area contributed by atoms with E-state index >= 15 is 0 Å². The Morgan fingerprint density at radius 2 is 1.95 bits per heavy atom. The lowest BCUT2D eigenvalue weighted by Gasteiger charge is -2.29. The molecule has 0 aliphatic heterocycles. The summed E-state index contributed by atoms with van der Waals surface area (Å²) in [4.78, 5) is 4.57. The van der Waals surface area contributed by atoms with E-state index in [2.05, 4.69) is 15.3 Å². The lowest BCUT2D eigenvalue weighted by molar-refractivity contribution is -0.00474. The molecule has 2 aromatic heterocycles. The van der Waals surface area contributed by atoms with Crippen LogP contribution >= 0.6 is 0 Å². The normalized spacial score (nSPS) is 20.8. The number of nitrogens with zero attached hydrogens (tertiary/aromatic N) is 4. The highest BCUT2D eigenvalue weighted by molar-refractivity contribution is 5.14. The predicted octanol–water partition coefficient (Wildman–Crippen LogP) is 2.34. The minimum absolute atomic E-state index is 0.482. The van der Waals surface area contributed by atoms with Crippen LogP contribution in [-0.2, 0) is 25.0 Å². The summed E-state index contributed by atoms with van der Waals surface area (Å²) in [5, 5.41) is 19.0. The van der Waals surface area contributed by atoms with Gasteiger partial charge in [-0.2, -0.15) is 0 Å². The number of aryl methyl sites for hydroxylation is 2. The number of hydrogen-bond donors (Lipinski definition) is 1. The summed E-state index contributed by atoms with van der Waals surface area (Å²) < 4.78 is 7.55. The molecule has 2 aliphatic carbocycles. The van der Waals surface area contributed by atoms with Crippen molar-refractivity contribution in [2.24, 2.45) is 0 Å². The number of aromatic nitrogens is 4. The third-order valence-electron chi connectivity index (χ3n) is 4.88. The van der Waals surface area contributed by atoms with Crippen LogP contribution in [-0.4, -0.2) is 25.1 Å². The molecule has 0 aromatic carbocycles. The highest BCUT2D eigenvalue weighted by atomic mass is 16.4. The van der Waals surface area contributed by atoms with Gasteiger partial charge < -0.3 is 9.52 Å². The number of oxazole rings is 1. The summed E-state index contributed by atoms with van der Waals surface area (Å²) in [5.74, 6) is 1.73. The van der Waals surface area contributed by atoms with Crippen molar-refractivity contribution in [3.8, 4) is 0 Å². The molecule has 1 N–H and O–H groups in total. The van der Waals surface area contributed by atoms with E-state index in [0.717, 1.165) is 50.0 Å². The molecule has 6 heteroatoms. The summed E-state index contributed by atoms with van der Waals surface area (Å²) in [5.41, 5.74) is 0.989. The second-order valence-electron chi connectivity index (χ2n) is 6.58. The Hall–Kier alpha value is -1.69. The van der Waals surface area contributed by atoms with Crippen LogP contribution in [0.3, 0.4) is 0 Å². The molecule has 2 aliphatic rings. The molecule has 0 spiro atoms. The van der Waals surface area contributed by atoms with Crippen molar-refractivity contribution < 1.29 is 9.52 Å². The number of rotatable bonds is 3. The van der Waals surface area contributed by atoms with Gasteiger partial charge in [0.25, 0.3) is 0 Å². The van der Waals surface area contributed by atoms with E-state index in [1.165, 1.54) is 19.3 Å². The molecule has 0 unspecified atom stereocenters. The fraction of sp³-hybridized carbons (Fsp3) is 0.688. The Morgan fingerprint density at radius 3 is 2.77 bits per heavy atom. The van der Waals surface area contributed by atoms with Crippen molar-refractivity contribution in [3.63, 3.8) is 0 Å². The van der Waals surface area contributed by atoms with Gasteiger partial charge in [-0.25, -0.2) is 9.67 Å². The van der Waals surface area contributed by atoms with Gasteiger partial charge >= 0.3 is 0 Å². The Labute approximate surface area is 129 Å². The van der Waals surface area contributed by atoms with Gasteiger partial charge in [-0.3, -0.25) is 0 Å². The molecule has 118 valence electrons. The Morgan fingerprint density at radius 1 is 1.14 bits per heavy atom. The maximum atomic E-state index is 10.7. The monoisotopic (exact) mass is 302 g/mol. The zero-order valence-electron chi connectivity index (χ0n) is 12.8. The first kappa shape index (κ1) is 13.9. The van der Waals surface area contributed by atoms with Crippen LogP contribution in [0.5, 0.6) is 0 Å². The van der Waals surface area contributed by atoms with Crippen molar-refractivity contribution in [2.45, 2.75) is 69.9 Å². The average molecular weight is 302 g/mol. The summed E-state index contributed by atoms with van der Waals surface area (Å²) >= 11 is 0. The number of fused-ring (bicyclic) bond motifs is 1. The van der Waals surface area contributed by atoms with Crippen molar-refractivity contribution in [1.82, 2.24) is 20.0 Å². The van der Waals surface area contributed by atoms with Crippen molar-refractivity contribution in [1.29, 1.82) is 0 Å². The second kappa shape index (κ2) is 5.50. The maximum Gasteiger partial charge on any atom is 0.216 e. The standard InChI is InChI=1S/C16H22N4O2/c21-16(8-4-1-5-9-16)14-10-20(19-18-14)11-15-17-12-6-2-3-7-13(12)22-15/h10,21H,1-9,11H2. The zero-order valence-corrected chi connectivity index (χ0v) is 12.8. The first-order chi connectivity index (χ1) is 10.7. The van der Waals surface area contributed by atoms with Gasteiger partial charge in [0.15, 0.2) is 0 Å². The Bertz CT molecular complexity index is 631. The summed E-state index contributed by atoms with van der Waals surface area (Å²) in [6.45, 7) is 0.482. The van der Waals surface area contributed by atoms with Gasteiger partial charge in [0.1, 0.15) is 23.6 Å². The van der Waals surface area contributed by atoms with Gasteiger partial charge in [-0.15, -0.1) is 5.10 Å². The van der Waals surface area contributed by atoms with Gasteiger partial charge in [0.2, 0.25) is 5.89 Å². The summed E-state index contributed by atoms with van der Waals surface area (Å²) in [7, 11) is 0. The van der Waals surface area contributed by atoms with Gasteiger partial charge in [0.05, 0.1) is 11.9 Å². The molecule has 6 nitrogen and oxygen atoms in total. The van der Waals surface area contributed by atoms with Crippen LogP contribution in [0.25, 0.3) is 0 Å². The molecule has 0 amide bonds. The first-order valence-corrected chi connectivity index (χ1v) is 8.33. The van der Waals surface area contributed by atoms with E-state index in [4.69, 9.17) is 4.42 Å². The van der Waals surface area contributed by atoms with Gasteiger partial charge in [0, 0.05) is 6.42 Å². The molecule has 22 heavy (non-hydrogen) atoms. The smallest absolute Gasteiger partial charge is 0.216 e. The Kier molecular flexibility index (Phi) is 3.48. The molecule has 1 saturated carbocycles. The van der Waals surface area contributed by atoms with Crippen LogP contribution in [0.1, 0.15) is 68.0 Å². The summed E-state index contributed by atoms with van der Waals surface area (Å²) in [6.07, 6.45) is 11.1.